The van der Waals surface area contributed by atoms with Gasteiger partial charge in [-0.05, 0) is 55.2 Å². The molecule has 1 aromatic rings. The highest BCUT2D eigenvalue weighted by molar-refractivity contribution is 5.81. The van der Waals surface area contributed by atoms with Gasteiger partial charge in [0, 0.05) is 31.7 Å². The summed E-state index contributed by atoms with van der Waals surface area (Å²) in [5.74, 6) is 1.81. The maximum absolute atomic E-state index is 12.5. The zero-order valence-corrected chi connectivity index (χ0v) is 16.1. The summed E-state index contributed by atoms with van der Waals surface area (Å²) in [7, 11) is 1.70. The van der Waals surface area contributed by atoms with Gasteiger partial charge in [0.15, 0.2) is 0 Å². The number of nitrogens with two attached hydrogens (primary N) is 1. The molecule has 0 unspecified atom stereocenters. The van der Waals surface area contributed by atoms with E-state index in [0.29, 0.717) is 23.9 Å². The number of hydrogen-bond acceptors (Lipinski definition) is 5. The van der Waals surface area contributed by atoms with E-state index in [9.17, 15) is 9.90 Å². The predicted octanol–water partition coefficient (Wildman–Crippen LogP) is 1.39. The van der Waals surface area contributed by atoms with Crippen LogP contribution in [0.1, 0.15) is 37.3 Å². The topological polar surface area (TPSA) is 79.0 Å². The average Bonchev–Trinajstić information content (AvgIpc) is 2.72. The lowest BCUT2D eigenvalue weighted by Gasteiger charge is -2.55. The zero-order valence-electron chi connectivity index (χ0n) is 16.1. The van der Waals surface area contributed by atoms with E-state index in [1.807, 2.05) is 4.90 Å². The Morgan fingerprint density at radius 1 is 1.26 bits per heavy atom. The highest BCUT2D eigenvalue weighted by Crippen LogP contribution is 2.44. The van der Waals surface area contributed by atoms with Crippen molar-refractivity contribution in [2.45, 2.75) is 43.8 Å². The van der Waals surface area contributed by atoms with Crippen molar-refractivity contribution in [3.8, 4) is 5.75 Å². The normalized spacial score (nSPS) is 31.9. The Morgan fingerprint density at radius 2 is 2.04 bits per heavy atom. The van der Waals surface area contributed by atoms with Gasteiger partial charge >= 0.3 is 0 Å². The number of rotatable bonds is 4. The predicted molar refractivity (Wildman–Crippen MR) is 103 cm³/mol. The van der Waals surface area contributed by atoms with Crippen LogP contribution in [0.2, 0.25) is 0 Å². The minimum atomic E-state index is -0.779. The number of nitrogens with zero attached hydrogens (tertiary/aromatic N) is 2. The molecule has 27 heavy (non-hydrogen) atoms. The first-order chi connectivity index (χ1) is 13.1. The van der Waals surface area contributed by atoms with Crippen molar-refractivity contribution >= 4 is 5.91 Å². The number of amides is 1. The molecule has 3 N–H and O–H groups in total. The summed E-state index contributed by atoms with van der Waals surface area (Å²) in [5, 5.41) is 9.23. The molecule has 0 radical (unpaired) electrons. The first kappa shape index (κ1) is 18.7. The number of fused-ring (bicyclic) bond motifs is 4. The van der Waals surface area contributed by atoms with Crippen molar-refractivity contribution < 1.29 is 14.6 Å². The highest BCUT2D eigenvalue weighted by atomic mass is 16.5. The molecule has 3 aliphatic rings. The average molecular weight is 373 g/mol. The first-order valence-corrected chi connectivity index (χ1v) is 10.2. The number of carbonyl (C=O) groups excluding carboxylic acids is 1. The van der Waals surface area contributed by atoms with Crippen LogP contribution in [0.3, 0.4) is 0 Å². The summed E-state index contributed by atoms with van der Waals surface area (Å²) in [5.41, 5.74) is 7.16. The number of hydrogen-bond donors (Lipinski definition) is 2. The Balaban J connectivity index is 1.51. The maximum atomic E-state index is 12.5. The Labute approximate surface area is 161 Å². The molecule has 2 bridgehead atoms. The number of carbonyl (C=O) groups is 1. The number of ether oxygens (including phenoxy) is 1. The van der Waals surface area contributed by atoms with Gasteiger partial charge in [-0.2, -0.15) is 0 Å². The van der Waals surface area contributed by atoms with Crippen LogP contribution in [0.4, 0.5) is 0 Å². The lowest BCUT2D eigenvalue weighted by atomic mass is 9.74. The molecule has 1 amide bonds. The van der Waals surface area contributed by atoms with Crippen LogP contribution in [0.5, 0.6) is 5.75 Å². The number of likely N-dealkylation sites (tertiary alicyclic amines) is 1. The van der Waals surface area contributed by atoms with Gasteiger partial charge in [0.05, 0.1) is 13.7 Å². The van der Waals surface area contributed by atoms with Crippen LogP contribution in [0.15, 0.2) is 24.3 Å². The SMILES string of the molecule is COc1ccc([C@H]2CCC[C@H]3[C@@H]4C[C@@H](CN(C(=O)[C@H](N)CO)C4)CN23)cc1. The fourth-order valence-corrected chi connectivity index (χ4v) is 5.48. The van der Waals surface area contributed by atoms with Crippen LogP contribution in [-0.2, 0) is 4.79 Å². The van der Waals surface area contributed by atoms with E-state index in [0.717, 1.165) is 25.4 Å². The monoisotopic (exact) mass is 373 g/mol. The number of benzene rings is 1. The molecule has 0 aliphatic carbocycles. The van der Waals surface area contributed by atoms with Gasteiger partial charge in [0.25, 0.3) is 0 Å². The van der Waals surface area contributed by atoms with Gasteiger partial charge in [-0.15, -0.1) is 0 Å². The van der Waals surface area contributed by atoms with Crippen molar-refractivity contribution in [2.75, 3.05) is 33.4 Å². The second-order valence-corrected chi connectivity index (χ2v) is 8.38. The summed E-state index contributed by atoms with van der Waals surface area (Å²) in [6.07, 6.45) is 4.83. The highest BCUT2D eigenvalue weighted by Gasteiger charge is 2.46. The van der Waals surface area contributed by atoms with Crippen molar-refractivity contribution in [2.24, 2.45) is 17.6 Å². The third-order valence-electron chi connectivity index (χ3n) is 6.71. The molecule has 0 spiro atoms. The second kappa shape index (κ2) is 7.78. The van der Waals surface area contributed by atoms with Gasteiger partial charge in [0.1, 0.15) is 11.8 Å². The second-order valence-electron chi connectivity index (χ2n) is 8.38. The van der Waals surface area contributed by atoms with Gasteiger partial charge < -0.3 is 20.5 Å². The minimum Gasteiger partial charge on any atom is -0.497 e. The molecule has 3 heterocycles. The van der Waals surface area contributed by atoms with Crippen LogP contribution in [-0.4, -0.2) is 66.2 Å². The molecule has 0 aromatic heterocycles. The molecule has 6 heteroatoms. The molecule has 148 valence electrons. The number of aliphatic hydroxyl groups excluding tert-OH is 1. The smallest absolute Gasteiger partial charge is 0.241 e. The summed E-state index contributed by atoms with van der Waals surface area (Å²) < 4.78 is 5.31. The molecule has 3 saturated heterocycles. The third kappa shape index (κ3) is 3.58. The number of piperidine rings is 3. The summed E-state index contributed by atoms with van der Waals surface area (Å²) in [4.78, 5) is 17.1. The van der Waals surface area contributed by atoms with E-state index in [4.69, 9.17) is 10.5 Å². The Kier molecular flexibility index (Phi) is 5.39. The van der Waals surface area contributed by atoms with Gasteiger partial charge in [-0.3, -0.25) is 9.69 Å². The van der Waals surface area contributed by atoms with Crippen LogP contribution in [0.25, 0.3) is 0 Å². The van der Waals surface area contributed by atoms with Crippen molar-refractivity contribution in [1.29, 1.82) is 0 Å². The number of methoxy groups -OCH3 is 1. The van der Waals surface area contributed by atoms with E-state index >= 15 is 0 Å². The summed E-state index contributed by atoms with van der Waals surface area (Å²) >= 11 is 0. The van der Waals surface area contributed by atoms with Gasteiger partial charge in [-0.1, -0.05) is 12.1 Å². The molecule has 1 aromatic carbocycles. The fraction of sp³-hybridized carbons (Fsp3) is 0.667. The molecular formula is C21H31N3O3. The van der Waals surface area contributed by atoms with Crippen molar-refractivity contribution in [3.05, 3.63) is 29.8 Å². The van der Waals surface area contributed by atoms with E-state index in [1.54, 1.807) is 7.11 Å². The van der Waals surface area contributed by atoms with Crippen molar-refractivity contribution in [1.82, 2.24) is 9.80 Å². The van der Waals surface area contributed by atoms with Gasteiger partial charge in [-0.25, -0.2) is 0 Å². The van der Waals surface area contributed by atoms with Crippen molar-refractivity contribution in [3.63, 3.8) is 0 Å². The zero-order chi connectivity index (χ0) is 19.0. The van der Waals surface area contributed by atoms with E-state index in [-0.39, 0.29) is 12.5 Å². The van der Waals surface area contributed by atoms with E-state index in [2.05, 4.69) is 29.2 Å². The standard InChI is InChI=1S/C21H31N3O3/c1-27-17-7-5-15(6-8-17)19-3-2-4-20-16-9-14(11-24(19)20)10-23(12-16)21(26)18(22)13-25/h5-8,14,16,18-20,25H,2-4,9-13,22H2,1H3/t14-,16+,18+,19+,20-/m0/s1. The molecular weight excluding hydrogens is 342 g/mol. The molecule has 5 atom stereocenters. The third-order valence-corrected chi connectivity index (χ3v) is 6.71. The molecule has 4 rings (SSSR count). The first-order valence-electron chi connectivity index (χ1n) is 10.2. The Bertz CT molecular complexity index is 665. The van der Waals surface area contributed by atoms with Crippen LogP contribution in [0, 0.1) is 11.8 Å². The van der Waals surface area contributed by atoms with E-state index in [1.165, 1.54) is 31.2 Å². The molecule has 0 saturated carbocycles. The largest absolute Gasteiger partial charge is 0.497 e. The fourth-order valence-electron chi connectivity index (χ4n) is 5.48. The molecule has 3 fully saturated rings. The summed E-state index contributed by atoms with van der Waals surface area (Å²) in [6, 6.07) is 8.72. The van der Waals surface area contributed by atoms with Crippen LogP contribution < -0.4 is 10.5 Å². The Hall–Kier alpha value is -1.63. The quantitative estimate of drug-likeness (QED) is 0.834. The maximum Gasteiger partial charge on any atom is 0.241 e. The molecule has 6 nitrogen and oxygen atoms in total. The van der Waals surface area contributed by atoms with E-state index < -0.39 is 6.04 Å². The lowest BCUT2D eigenvalue weighted by molar-refractivity contribution is -0.141. The van der Waals surface area contributed by atoms with Gasteiger partial charge in [0.2, 0.25) is 5.91 Å². The summed E-state index contributed by atoms with van der Waals surface area (Å²) in [6.45, 7) is 2.30. The minimum absolute atomic E-state index is 0.0943. The molecule has 3 aliphatic heterocycles. The van der Waals surface area contributed by atoms with Crippen LogP contribution >= 0.6 is 0 Å². The Morgan fingerprint density at radius 3 is 2.74 bits per heavy atom. The number of aliphatic hydroxyl groups is 1. The lowest BCUT2D eigenvalue weighted by Crippen LogP contribution is -2.62.